The lowest BCUT2D eigenvalue weighted by atomic mass is 10.0. The van der Waals surface area contributed by atoms with E-state index >= 15 is 0 Å². The Bertz CT molecular complexity index is 1330. The topological polar surface area (TPSA) is 69.0 Å². The van der Waals surface area contributed by atoms with Crippen LogP contribution < -0.4 is 15.6 Å². The van der Waals surface area contributed by atoms with Crippen molar-refractivity contribution in [3.63, 3.8) is 0 Å². The second kappa shape index (κ2) is 8.76. The quantitative estimate of drug-likeness (QED) is 0.407. The van der Waals surface area contributed by atoms with Gasteiger partial charge in [-0.25, -0.2) is 31.9 Å². The van der Waals surface area contributed by atoms with Crippen molar-refractivity contribution in [3.05, 3.63) is 57.5 Å². The lowest BCUT2D eigenvalue weighted by molar-refractivity contribution is 0.0135. The van der Waals surface area contributed by atoms with Gasteiger partial charge in [-0.15, -0.1) is 0 Å². The number of hydrogen-bond acceptors (Lipinski definition) is 5. The first-order valence-electron chi connectivity index (χ1n) is 11.2. The molecule has 2 aromatic heterocycles. The van der Waals surface area contributed by atoms with Crippen molar-refractivity contribution in [2.75, 3.05) is 11.9 Å². The van der Waals surface area contributed by atoms with E-state index in [2.05, 4.69) is 15.3 Å². The Labute approximate surface area is 198 Å². The molecule has 1 N–H and O–H groups in total. The van der Waals surface area contributed by atoms with E-state index in [4.69, 9.17) is 4.74 Å². The first-order chi connectivity index (χ1) is 16.4. The molecule has 1 aliphatic carbocycles. The molecule has 2 heterocycles. The molecule has 1 atom stereocenters. The van der Waals surface area contributed by atoms with E-state index in [9.17, 15) is 26.7 Å². The van der Waals surface area contributed by atoms with Gasteiger partial charge in [0.1, 0.15) is 28.5 Å². The van der Waals surface area contributed by atoms with Crippen LogP contribution in [-0.4, -0.2) is 27.6 Å². The molecule has 0 aliphatic heterocycles. The summed E-state index contributed by atoms with van der Waals surface area (Å²) in [5.74, 6) is -4.25. The van der Waals surface area contributed by atoms with Crippen LogP contribution in [0.15, 0.2) is 29.2 Å². The Morgan fingerprint density at radius 3 is 2.51 bits per heavy atom. The third kappa shape index (κ3) is 4.32. The van der Waals surface area contributed by atoms with Crippen LogP contribution in [0.1, 0.15) is 56.6 Å². The number of benzene rings is 1. The Morgan fingerprint density at radius 1 is 1.26 bits per heavy atom. The molecule has 1 fully saturated rings. The highest BCUT2D eigenvalue weighted by molar-refractivity contribution is 5.92. The SMILES string of the molecule is CCOc1c(=O)n(C2(C(F)F)CC2)cc2c(N[C@H](C)c3cccc(C(C)(F)F)c3F)nc(C)nc12. The fraction of sp³-hybridized carbons (Fsp3) is 0.458. The maximum Gasteiger partial charge on any atom is 0.295 e. The first-order valence-corrected chi connectivity index (χ1v) is 11.2. The van der Waals surface area contributed by atoms with Gasteiger partial charge in [-0.3, -0.25) is 9.36 Å². The van der Waals surface area contributed by atoms with Crippen molar-refractivity contribution in [2.24, 2.45) is 0 Å². The van der Waals surface area contributed by atoms with E-state index in [1.165, 1.54) is 18.3 Å². The fourth-order valence-electron chi connectivity index (χ4n) is 4.19. The maximum absolute atomic E-state index is 14.9. The molecule has 0 saturated heterocycles. The normalized spacial score (nSPS) is 15.9. The standard InChI is InChI=1S/C24H25F5N4O2/c1-5-35-19-18-15(11-33(21(19)34)24(9-10-24)22(26)27)20(32-13(3)31-18)30-12(2)14-7-6-8-16(17(14)25)23(4,28)29/h6-8,11-12,22H,5,9-10H2,1-4H3,(H,30,31,32)/t12-/m1/s1. The Hall–Kier alpha value is -3.24. The van der Waals surface area contributed by atoms with Gasteiger partial charge in [0.25, 0.3) is 17.9 Å². The third-order valence-electron chi connectivity index (χ3n) is 6.20. The molecule has 1 saturated carbocycles. The zero-order valence-electron chi connectivity index (χ0n) is 19.6. The number of ether oxygens (including phenoxy) is 1. The van der Waals surface area contributed by atoms with E-state index in [0.29, 0.717) is 6.92 Å². The molecule has 0 bridgehead atoms. The highest BCUT2D eigenvalue weighted by atomic mass is 19.3. The van der Waals surface area contributed by atoms with Crippen molar-refractivity contribution in [2.45, 2.75) is 64.5 Å². The largest absolute Gasteiger partial charge is 0.487 e. The number of fused-ring (bicyclic) bond motifs is 1. The van der Waals surface area contributed by atoms with Crippen LogP contribution in [0, 0.1) is 12.7 Å². The number of anilines is 1. The Morgan fingerprint density at radius 2 is 1.94 bits per heavy atom. The lowest BCUT2D eigenvalue weighted by Gasteiger charge is -2.23. The number of aryl methyl sites for hydroxylation is 1. The van der Waals surface area contributed by atoms with E-state index in [-0.39, 0.29) is 53.3 Å². The van der Waals surface area contributed by atoms with Crippen molar-refractivity contribution in [3.8, 4) is 5.75 Å². The van der Waals surface area contributed by atoms with Gasteiger partial charge in [0, 0.05) is 18.7 Å². The summed E-state index contributed by atoms with van der Waals surface area (Å²) >= 11 is 0. The Balaban J connectivity index is 1.88. The fourth-order valence-corrected chi connectivity index (χ4v) is 4.19. The number of nitrogens with zero attached hydrogens (tertiary/aromatic N) is 3. The van der Waals surface area contributed by atoms with Gasteiger partial charge in [-0.05, 0) is 33.6 Å². The number of pyridine rings is 1. The smallest absolute Gasteiger partial charge is 0.295 e. The minimum absolute atomic E-state index is 0.0296. The van der Waals surface area contributed by atoms with E-state index < -0.39 is 40.9 Å². The highest BCUT2D eigenvalue weighted by Gasteiger charge is 2.54. The molecule has 188 valence electrons. The average Bonchev–Trinajstić information content (AvgIpc) is 3.57. The molecule has 0 amide bonds. The summed E-state index contributed by atoms with van der Waals surface area (Å²) in [7, 11) is 0. The zero-order chi connectivity index (χ0) is 25.7. The molecule has 0 spiro atoms. The van der Waals surface area contributed by atoms with Crippen LogP contribution in [0.3, 0.4) is 0 Å². The number of nitrogens with one attached hydrogen (secondary N) is 1. The number of hydrogen-bond donors (Lipinski definition) is 1. The summed E-state index contributed by atoms with van der Waals surface area (Å²) in [6, 6.07) is 2.88. The van der Waals surface area contributed by atoms with E-state index in [1.54, 1.807) is 20.8 Å². The number of halogens is 5. The van der Waals surface area contributed by atoms with Gasteiger partial charge < -0.3 is 10.1 Å². The summed E-state index contributed by atoms with van der Waals surface area (Å²) < 4.78 is 76.9. The van der Waals surface area contributed by atoms with Crippen molar-refractivity contribution in [1.29, 1.82) is 0 Å². The predicted molar refractivity (Wildman–Crippen MR) is 121 cm³/mol. The van der Waals surface area contributed by atoms with Crippen LogP contribution in [-0.2, 0) is 11.5 Å². The van der Waals surface area contributed by atoms with Crippen molar-refractivity contribution >= 4 is 16.7 Å². The summed E-state index contributed by atoms with van der Waals surface area (Å²) in [6.45, 7) is 5.48. The lowest BCUT2D eigenvalue weighted by Crippen LogP contribution is -2.36. The molecule has 6 nitrogen and oxygen atoms in total. The van der Waals surface area contributed by atoms with Gasteiger partial charge in [-0.1, -0.05) is 18.2 Å². The molecular weight excluding hydrogens is 471 g/mol. The average molecular weight is 496 g/mol. The van der Waals surface area contributed by atoms with E-state index in [1.807, 2.05) is 0 Å². The molecule has 11 heteroatoms. The molecule has 1 aromatic carbocycles. The van der Waals surface area contributed by atoms with Crippen LogP contribution in [0.2, 0.25) is 0 Å². The minimum atomic E-state index is -3.38. The van der Waals surface area contributed by atoms with Gasteiger partial charge in [0.05, 0.1) is 23.6 Å². The van der Waals surface area contributed by atoms with Crippen LogP contribution in [0.5, 0.6) is 5.75 Å². The second-order valence-corrected chi connectivity index (χ2v) is 8.82. The van der Waals surface area contributed by atoms with Gasteiger partial charge in [-0.2, -0.15) is 0 Å². The molecule has 4 rings (SSSR count). The molecule has 0 unspecified atom stereocenters. The third-order valence-corrected chi connectivity index (χ3v) is 6.20. The summed E-state index contributed by atoms with van der Waals surface area (Å²) in [4.78, 5) is 21.7. The monoisotopic (exact) mass is 496 g/mol. The maximum atomic E-state index is 14.9. The van der Waals surface area contributed by atoms with Crippen molar-refractivity contribution in [1.82, 2.24) is 14.5 Å². The van der Waals surface area contributed by atoms with Crippen LogP contribution >= 0.6 is 0 Å². The van der Waals surface area contributed by atoms with E-state index in [0.717, 1.165) is 10.6 Å². The Kier molecular flexibility index (Phi) is 6.23. The number of aromatic nitrogens is 3. The molecule has 35 heavy (non-hydrogen) atoms. The number of alkyl halides is 4. The highest BCUT2D eigenvalue weighted by Crippen LogP contribution is 2.48. The molecule has 1 aliphatic rings. The molecular formula is C24H25F5N4O2. The van der Waals surface area contributed by atoms with Gasteiger partial charge in [0.15, 0.2) is 0 Å². The molecule has 3 aromatic rings. The summed E-state index contributed by atoms with van der Waals surface area (Å²) in [5.41, 5.74) is -3.02. The second-order valence-electron chi connectivity index (χ2n) is 8.82. The van der Waals surface area contributed by atoms with Crippen LogP contribution in [0.4, 0.5) is 27.8 Å². The number of rotatable bonds is 8. The zero-order valence-corrected chi connectivity index (χ0v) is 19.6. The predicted octanol–water partition coefficient (Wildman–Crippen LogP) is 5.68. The summed E-state index contributed by atoms with van der Waals surface area (Å²) in [6.07, 6.45) is -1.27. The van der Waals surface area contributed by atoms with Gasteiger partial charge in [0.2, 0.25) is 5.75 Å². The van der Waals surface area contributed by atoms with Gasteiger partial charge >= 0.3 is 0 Å². The van der Waals surface area contributed by atoms with Crippen LogP contribution in [0.25, 0.3) is 10.9 Å². The summed E-state index contributed by atoms with van der Waals surface area (Å²) in [5, 5.41) is 3.20. The first kappa shape index (κ1) is 24.9. The minimum Gasteiger partial charge on any atom is -0.487 e. The van der Waals surface area contributed by atoms with Crippen molar-refractivity contribution < 1.29 is 26.7 Å². The molecule has 0 radical (unpaired) electrons.